The number of amides is 2. The third kappa shape index (κ3) is 3.35. The van der Waals surface area contributed by atoms with Crippen LogP contribution in [0.1, 0.15) is 49.1 Å². The number of hydrogen-bond donors (Lipinski definition) is 1. The van der Waals surface area contributed by atoms with E-state index in [9.17, 15) is 14.7 Å². The third-order valence-electron chi connectivity index (χ3n) is 5.05. The van der Waals surface area contributed by atoms with E-state index in [4.69, 9.17) is 0 Å². The van der Waals surface area contributed by atoms with Crippen molar-refractivity contribution >= 4 is 12.0 Å². The summed E-state index contributed by atoms with van der Waals surface area (Å²) in [6.45, 7) is 5.33. The van der Waals surface area contributed by atoms with Crippen molar-refractivity contribution in [2.24, 2.45) is 5.92 Å². The zero-order chi connectivity index (χ0) is 16.4. The molecule has 0 bridgehead atoms. The maximum Gasteiger partial charge on any atom is 0.352 e. The quantitative estimate of drug-likeness (QED) is 0.911. The number of aromatic carboxylic acids is 1. The number of carboxylic acid groups (broad SMARTS) is 1. The van der Waals surface area contributed by atoms with Crippen LogP contribution >= 0.6 is 0 Å². The molecule has 1 atom stereocenters. The third-order valence-corrected chi connectivity index (χ3v) is 5.05. The monoisotopic (exact) mass is 319 g/mol. The van der Waals surface area contributed by atoms with Crippen molar-refractivity contribution in [1.82, 2.24) is 14.4 Å². The summed E-state index contributed by atoms with van der Waals surface area (Å²) in [5.74, 6) is -0.306. The molecule has 1 aromatic rings. The number of nitrogens with zero attached hydrogens (tertiary/aromatic N) is 3. The number of carboxylic acids is 1. The molecule has 0 aliphatic carbocycles. The molecule has 0 saturated carbocycles. The highest BCUT2D eigenvalue weighted by molar-refractivity contribution is 5.85. The normalized spacial score (nSPS) is 23.1. The van der Waals surface area contributed by atoms with E-state index in [1.807, 2.05) is 20.6 Å². The largest absolute Gasteiger partial charge is 0.477 e. The summed E-state index contributed by atoms with van der Waals surface area (Å²) in [5, 5.41) is 9.23. The lowest BCUT2D eigenvalue weighted by atomic mass is 10.0. The molecule has 23 heavy (non-hydrogen) atoms. The van der Waals surface area contributed by atoms with Gasteiger partial charge in [-0.05, 0) is 43.7 Å². The van der Waals surface area contributed by atoms with E-state index >= 15 is 0 Å². The molecule has 3 heterocycles. The molecule has 2 aliphatic heterocycles. The Morgan fingerprint density at radius 2 is 1.87 bits per heavy atom. The van der Waals surface area contributed by atoms with Gasteiger partial charge in [0.2, 0.25) is 0 Å². The first kappa shape index (κ1) is 15.9. The van der Waals surface area contributed by atoms with E-state index in [1.54, 1.807) is 12.1 Å². The summed E-state index contributed by atoms with van der Waals surface area (Å²) in [4.78, 5) is 27.8. The second-order valence-corrected chi connectivity index (χ2v) is 6.80. The highest BCUT2D eigenvalue weighted by atomic mass is 16.4. The van der Waals surface area contributed by atoms with Gasteiger partial charge in [0.25, 0.3) is 0 Å². The maximum absolute atomic E-state index is 12.6. The van der Waals surface area contributed by atoms with Crippen molar-refractivity contribution in [3.8, 4) is 0 Å². The van der Waals surface area contributed by atoms with Gasteiger partial charge in [0, 0.05) is 38.4 Å². The van der Waals surface area contributed by atoms with Crippen molar-refractivity contribution in [2.75, 3.05) is 26.2 Å². The summed E-state index contributed by atoms with van der Waals surface area (Å²) < 4.78 is 1.84. The predicted octanol–water partition coefficient (Wildman–Crippen LogP) is 2.68. The first-order valence-corrected chi connectivity index (χ1v) is 8.50. The molecule has 0 aromatic carbocycles. The zero-order valence-electron chi connectivity index (χ0n) is 13.6. The van der Waals surface area contributed by atoms with Gasteiger partial charge < -0.3 is 19.5 Å². The van der Waals surface area contributed by atoms with E-state index in [2.05, 4.69) is 6.92 Å². The fraction of sp³-hybridized carbons (Fsp3) is 0.647. The van der Waals surface area contributed by atoms with Gasteiger partial charge in [-0.2, -0.15) is 0 Å². The molecule has 2 fully saturated rings. The standard InChI is InChI=1S/C17H25N3O3/c1-13-4-2-8-19(12-13)17(23)18-10-6-14(7-11-18)20-9-3-5-15(20)16(21)22/h3,5,9,13-14H,2,4,6-8,10-12H2,1H3,(H,21,22). The fourth-order valence-corrected chi connectivity index (χ4v) is 3.79. The van der Waals surface area contributed by atoms with Crippen LogP contribution in [-0.2, 0) is 0 Å². The first-order valence-electron chi connectivity index (χ1n) is 8.50. The Bertz CT molecular complexity index is 575. The summed E-state index contributed by atoms with van der Waals surface area (Å²) in [5.41, 5.74) is 0.333. The molecule has 126 valence electrons. The van der Waals surface area contributed by atoms with Gasteiger partial charge in [-0.3, -0.25) is 0 Å². The minimum Gasteiger partial charge on any atom is -0.477 e. The minimum atomic E-state index is -0.893. The number of carbonyl (C=O) groups is 2. The molecular weight excluding hydrogens is 294 g/mol. The number of likely N-dealkylation sites (tertiary alicyclic amines) is 2. The lowest BCUT2D eigenvalue weighted by Crippen LogP contribution is -2.49. The van der Waals surface area contributed by atoms with Crippen LogP contribution in [-0.4, -0.2) is 57.7 Å². The number of hydrogen-bond acceptors (Lipinski definition) is 2. The predicted molar refractivity (Wildman–Crippen MR) is 86.6 cm³/mol. The van der Waals surface area contributed by atoms with Crippen molar-refractivity contribution in [3.63, 3.8) is 0 Å². The minimum absolute atomic E-state index is 0.154. The van der Waals surface area contributed by atoms with E-state index in [0.29, 0.717) is 24.7 Å². The van der Waals surface area contributed by atoms with E-state index < -0.39 is 5.97 Å². The van der Waals surface area contributed by atoms with Crippen LogP contribution < -0.4 is 0 Å². The molecule has 6 heteroatoms. The first-order chi connectivity index (χ1) is 11.1. The van der Waals surface area contributed by atoms with Crippen molar-refractivity contribution in [1.29, 1.82) is 0 Å². The Kier molecular flexibility index (Phi) is 4.59. The molecule has 0 spiro atoms. The molecule has 2 saturated heterocycles. The topological polar surface area (TPSA) is 65.8 Å². The zero-order valence-corrected chi connectivity index (χ0v) is 13.6. The van der Waals surface area contributed by atoms with Crippen LogP contribution in [0.3, 0.4) is 0 Å². The average molecular weight is 319 g/mol. The van der Waals surface area contributed by atoms with E-state index in [0.717, 1.165) is 32.4 Å². The van der Waals surface area contributed by atoms with Crippen molar-refractivity contribution in [2.45, 2.75) is 38.6 Å². The lowest BCUT2D eigenvalue weighted by Gasteiger charge is -2.39. The van der Waals surface area contributed by atoms with Gasteiger partial charge in [0.05, 0.1) is 0 Å². The van der Waals surface area contributed by atoms with Crippen LogP contribution in [0.5, 0.6) is 0 Å². The fourth-order valence-electron chi connectivity index (χ4n) is 3.79. The van der Waals surface area contributed by atoms with Gasteiger partial charge in [-0.25, -0.2) is 9.59 Å². The van der Waals surface area contributed by atoms with Crippen LogP contribution in [0, 0.1) is 5.92 Å². The van der Waals surface area contributed by atoms with Crippen LogP contribution in [0.25, 0.3) is 0 Å². The second-order valence-electron chi connectivity index (χ2n) is 6.80. The Hall–Kier alpha value is -1.98. The molecule has 1 unspecified atom stereocenters. The van der Waals surface area contributed by atoms with E-state index in [-0.39, 0.29) is 12.1 Å². The van der Waals surface area contributed by atoms with Gasteiger partial charge in [0.1, 0.15) is 5.69 Å². The Morgan fingerprint density at radius 3 is 2.52 bits per heavy atom. The molecule has 3 rings (SSSR count). The lowest BCUT2D eigenvalue weighted by molar-refractivity contribution is 0.0676. The Morgan fingerprint density at radius 1 is 1.13 bits per heavy atom. The van der Waals surface area contributed by atoms with Gasteiger partial charge in [0.15, 0.2) is 0 Å². The van der Waals surface area contributed by atoms with Crippen LogP contribution in [0.2, 0.25) is 0 Å². The van der Waals surface area contributed by atoms with Gasteiger partial charge in [-0.15, -0.1) is 0 Å². The van der Waals surface area contributed by atoms with Crippen molar-refractivity contribution < 1.29 is 14.7 Å². The molecule has 0 radical (unpaired) electrons. The second kappa shape index (κ2) is 6.64. The van der Waals surface area contributed by atoms with Gasteiger partial charge in [-0.1, -0.05) is 6.92 Å². The van der Waals surface area contributed by atoms with E-state index in [1.165, 1.54) is 6.42 Å². The number of piperidine rings is 2. The maximum atomic E-state index is 12.6. The van der Waals surface area contributed by atoms with Crippen LogP contribution in [0.4, 0.5) is 4.79 Å². The highest BCUT2D eigenvalue weighted by Crippen LogP contribution is 2.26. The number of aromatic nitrogens is 1. The highest BCUT2D eigenvalue weighted by Gasteiger charge is 2.29. The SMILES string of the molecule is CC1CCCN(C(=O)N2CCC(n3cccc3C(=O)O)CC2)C1. The molecule has 6 nitrogen and oxygen atoms in total. The number of urea groups is 1. The summed E-state index contributed by atoms with van der Waals surface area (Å²) >= 11 is 0. The molecule has 1 aromatic heterocycles. The summed E-state index contributed by atoms with van der Waals surface area (Å²) in [6, 6.07) is 3.73. The number of carbonyl (C=O) groups excluding carboxylic acids is 1. The smallest absolute Gasteiger partial charge is 0.352 e. The van der Waals surface area contributed by atoms with Gasteiger partial charge >= 0.3 is 12.0 Å². The molecular formula is C17H25N3O3. The molecule has 2 aliphatic rings. The Labute approximate surface area is 136 Å². The summed E-state index contributed by atoms with van der Waals surface area (Å²) in [6.07, 6.45) is 5.75. The summed E-state index contributed by atoms with van der Waals surface area (Å²) in [7, 11) is 0. The average Bonchev–Trinajstić information content (AvgIpc) is 3.04. The molecule has 2 amide bonds. The number of rotatable bonds is 2. The van der Waals surface area contributed by atoms with Crippen LogP contribution in [0.15, 0.2) is 18.3 Å². The Balaban J connectivity index is 1.59. The van der Waals surface area contributed by atoms with Crippen molar-refractivity contribution in [3.05, 3.63) is 24.0 Å². The molecule has 1 N–H and O–H groups in total.